The predicted molar refractivity (Wildman–Crippen MR) is 100 cm³/mol. The Morgan fingerprint density at radius 2 is 2.18 bits per heavy atom. The lowest BCUT2D eigenvalue weighted by Crippen LogP contribution is -2.46. The Kier molecular flexibility index (Phi) is 3.92. The molecule has 1 fully saturated rings. The van der Waals surface area contributed by atoms with Crippen LogP contribution >= 0.6 is 0 Å². The molecular weight excluding hydrogens is 358 g/mol. The van der Waals surface area contributed by atoms with Gasteiger partial charge in [-0.3, -0.25) is 4.79 Å². The molecule has 8 heteroatoms. The fourth-order valence-corrected chi connectivity index (χ4v) is 4.14. The fraction of sp³-hybridized carbons (Fsp3) is 0.400. The van der Waals surface area contributed by atoms with Crippen molar-refractivity contribution < 1.29 is 14.3 Å². The first-order valence-corrected chi connectivity index (χ1v) is 9.45. The molecule has 0 saturated carbocycles. The molecular formula is C20H21N5O3. The molecule has 1 saturated heterocycles. The number of piperidine rings is 1. The maximum atomic E-state index is 13.0. The summed E-state index contributed by atoms with van der Waals surface area (Å²) in [7, 11) is 0. The van der Waals surface area contributed by atoms with Crippen LogP contribution in [0.25, 0.3) is 5.78 Å². The van der Waals surface area contributed by atoms with Gasteiger partial charge in [0.1, 0.15) is 0 Å². The number of carbonyl (C=O) groups excluding carboxylic acids is 1. The van der Waals surface area contributed by atoms with Crippen molar-refractivity contribution in [2.45, 2.75) is 26.2 Å². The lowest BCUT2D eigenvalue weighted by Gasteiger charge is -2.40. The second-order valence-electron chi connectivity index (χ2n) is 7.80. The van der Waals surface area contributed by atoms with Crippen molar-refractivity contribution in [2.75, 3.05) is 19.9 Å². The van der Waals surface area contributed by atoms with E-state index in [9.17, 15) is 4.79 Å². The van der Waals surface area contributed by atoms with Crippen molar-refractivity contribution in [1.82, 2.24) is 24.5 Å². The van der Waals surface area contributed by atoms with Crippen molar-refractivity contribution in [3.05, 3.63) is 48.0 Å². The van der Waals surface area contributed by atoms with Gasteiger partial charge in [-0.25, -0.2) is 9.50 Å². The third-order valence-electron chi connectivity index (χ3n) is 5.44. The first-order chi connectivity index (χ1) is 13.6. The number of hydrogen-bond acceptors (Lipinski definition) is 6. The van der Waals surface area contributed by atoms with Gasteiger partial charge in [-0.1, -0.05) is 13.0 Å². The summed E-state index contributed by atoms with van der Waals surface area (Å²) < 4.78 is 12.4. The Hall–Kier alpha value is -3.16. The largest absolute Gasteiger partial charge is 0.454 e. The zero-order valence-corrected chi connectivity index (χ0v) is 15.7. The molecule has 1 amide bonds. The Morgan fingerprint density at radius 1 is 1.29 bits per heavy atom. The number of ether oxygens (including phenoxy) is 2. The fourth-order valence-electron chi connectivity index (χ4n) is 4.14. The van der Waals surface area contributed by atoms with Crippen molar-refractivity contribution in [3.8, 4) is 11.5 Å². The summed E-state index contributed by atoms with van der Waals surface area (Å²) >= 11 is 0. The van der Waals surface area contributed by atoms with Crippen molar-refractivity contribution in [2.24, 2.45) is 5.41 Å². The minimum absolute atomic E-state index is 0.0149. The molecule has 1 aromatic carbocycles. The maximum Gasteiger partial charge on any atom is 0.293 e. The highest BCUT2D eigenvalue weighted by Gasteiger charge is 2.35. The number of benzene rings is 1. The molecule has 0 aliphatic carbocycles. The summed E-state index contributed by atoms with van der Waals surface area (Å²) in [6.45, 7) is 3.90. The Bertz CT molecular complexity index is 1020. The van der Waals surface area contributed by atoms with Crippen LogP contribution in [0.2, 0.25) is 0 Å². The molecule has 0 unspecified atom stereocenters. The van der Waals surface area contributed by atoms with E-state index in [0.29, 0.717) is 12.3 Å². The second kappa shape index (κ2) is 6.47. The molecule has 2 aromatic heterocycles. The minimum atomic E-state index is -0.137. The van der Waals surface area contributed by atoms with Gasteiger partial charge in [0.2, 0.25) is 12.6 Å². The quantitative estimate of drug-likeness (QED) is 0.695. The zero-order chi connectivity index (χ0) is 19.1. The van der Waals surface area contributed by atoms with E-state index in [1.165, 1.54) is 10.1 Å². The Morgan fingerprint density at radius 3 is 3.07 bits per heavy atom. The zero-order valence-electron chi connectivity index (χ0n) is 15.7. The van der Waals surface area contributed by atoms with Gasteiger partial charge in [-0.2, -0.15) is 4.98 Å². The van der Waals surface area contributed by atoms with Crippen molar-refractivity contribution in [3.63, 3.8) is 0 Å². The van der Waals surface area contributed by atoms with Crippen LogP contribution in [0.5, 0.6) is 11.5 Å². The molecule has 2 aliphatic heterocycles. The third-order valence-corrected chi connectivity index (χ3v) is 5.44. The van der Waals surface area contributed by atoms with Gasteiger partial charge in [0, 0.05) is 25.5 Å². The average molecular weight is 379 g/mol. The lowest BCUT2D eigenvalue weighted by molar-refractivity contribution is 0.0539. The molecule has 0 spiro atoms. The van der Waals surface area contributed by atoms with Crippen LogP contribution in [0.3, 0.4) is 0 Å². The molecule has 3 aromatic rings. The highest BCUT2D eigenvalue weighted by molar-refractivity contribution is 5.91. The van der Waals surface area contributed by atoms with E-state index in [1.54, 1.807) is 18.5 Å². The van der Waals surface area contributed by atoms with Gasteiger partial charge >= 0.3 is 0 Å². The molecule has 8 nitrogen and oxygen atoms in total. The summed E-state index contributed by atoms with van der Waals surface area (Å²) in [4.78, 5) is 23.3. The van der Waals surface area contributed by atoms with E-state index >= 15 is 0 Å². The Labute approximate surface area is 162 Å². The number of rotatable bonds is 3. The van der Waals surface area contributed by atoms with Crippen LogP contribution in [0.4, 0.5) is 0 Å². The summed E-state index contributed by atoms with van der Waals surface area (Å²) in [5.74, 6) is 2.09. The average Bonchev–Trinajstić information content (AvgIpc) is 3.33. The smallest absolute Gasteiger partial charge is 0.293 e. The molecule has 2 aliphatic rings. The van der Waals surface area contributed by atoms with Crippen LogP contribution in [0, 0.1) is 5.41 Å². The topological polar surface area (TPSA) is 81.9 Å². The molecule has 5 rings (SSSR count). The first kappa shape index (κ1) is 17.0. The van der Waals surface area contributed by atoms with E-state index in [4.69, 9.17) is 9.47 Å². The van der Waals surface area contributed by atoms with Crippen molar-refractivity contribution >= 4 is 11.7 Å². The van der Waals surface area contributed by atoms with E-state index in [-0.39, 0.29) is 23.9 Å². The van der Waals surface area contributed by atoms with Gasteiger partial charge in [0.25, 0.3) is 11.7 Å². The van der Waals surface area contributed by atoms with Gasteiger partial charge in [0.05, 0.1) is 0 Å². The maximum absolute atomic E-state index is 13.0. The first-order valence-electron chi connectivity index (χ1n) is 9.45. The number of carbonyl (C=O) groups is 1. The highest BCUT2D eigenvalue weighted by atomic mass is 16.7. The van der Waals surface area contributed by atoms with Crippen LogP contribution in [-0.2, 0) is 6.42 Å². The molecule has 0 N–H and O–H groups in total. The number of hydrogen-bond donors (Lipinski definition) is 0. The van der Waals surface area contributed by atoms with Crippen LogP contribution in [-0.4, -0.2) is 50.3 Å². The van der Waals surface area contributed by atoms with Gasteiger partial charge in [-0.15, -0.1) is 5.10 Å². The van der Waals surface area contributed by atoms with Gasteiger partial charge < -0.3 is 14.4 Å². The molecule has 0 bridgehead atoms. The number of fused-ring (bicyclic) bond motifs is 2. The monoisotopic (exact) mass is 379 g/mol. The van der Waals surface area contributed by atoms with Crippen LogP contribution in [0.15, 0.2) is 36.7 Å². The van der Waals surface area contributed by atoms with E-state index < -0.39 is 0 Å². The molecule has 4 heterocycles. The minimum Gasteiger partial charge on any atom is -0.454 e. The van der Waals surface area contributed by atoms with Gasteiger partial charge in [0.15, 0.2) is 11.5 Å². The number of amides is 1. The summed E-state index contributed by atoms with van der Waals surface area (Å²) in [5, 5.41) is 4.28. The molecule has 144 valence electrons. The molecule has 28 heavy (non-hydrogen) atoms. The second-order valence-corrected chi connectivity index (χ2v) is 7.80. The van der Waals surface area contributed by atoms with E-state index in [0.717, 1.165) is 37.3 Å². The number of nitrogens with zero attached hydrogens (tertiary/aromatic N) is 5. The van der Waals surface area contributed by atoms with E-state index in [2.05, 4.69) is 28.1 Å². The Balaban J connectivity index is 1.34. The van der Waals surface area contributed by atoms with Crippen LogP contribution < -0.4 is 9.47 Å². The summed E-state index contributed by atoms with van der Waals surface area (Å²) in [5.41, 5.74) is 1.18. The van der Waals surface area contributed by atoms with Crippen molar-refractivity contribution in [1.29, 1.82) is 0 Å². The molecule has 1 atom stereocenters. The highest BCUT2D eigenvalue weighted by Crippen LogP contribution is 2.37. The van der Waals surface area contributed by atoms with Crippen LogP contribution in [0.1, 0.15) is 35.9 Å². The predicted octanol–water partition coefficient (Wildman–Crippen LogP) is 2.34. The summed E-state index contributed by atoms with van der Waals surface area (Å²) in [6.07, 6.45) is 6.27. The SMILES string of the molecule is C[C@@]1(Cc2ccc3c(c2)OCO3)CCCN(C(=O)c2nc3ncccn3n2)C1. The van der Waals surface area contributed by atoms with E-state index in [1.807, 2.05) is 17.0 Å². The van der Waals surface area contributed by atoms with Gasteiger partial charge in [-0.05, 0) is 48.4 Å². The third kappa shape index (κ3) is 3.04. The normalized spacial score (nSPS) is 21.2. The number of aromatic nitrogens is 4. The number of likely N-dealkylation sites (tertiary alicyclic amines) is 1. The molecule has 0 radical (unpaired) electrons. The lowest BCUT2D eigenvalue weighted by atomic mass is 9.77. The summed E-state index contributed by atoms with van der Waals surface area (Å²) in [6, 6.07) is 7.85. The standard InChI is InChI=1S/C20H21N5O3/c1-20(11-14-4-5-15-16(10-14)28-13-27-15)6-2-8-24(12-20)18(26)17-22-19-21-7-3-9-25(19)23-17/h3-5,7,9-10H,2,6,8,11-13H2,1H3/t20-/m0/s1.